The van der Waals surface area contributed by atoms with Crippen molar-refractivity contribution in [2.75, 3.05) is 24.5 Å². The molecule has 1 heterocycles. The van der Waals surface area contributed by atoms with E-state index in [0.29, 0.717) is 13.1 Å². The van der Waals surface area contributed by atoms with E-state index in [9.17, 15) is 26.3 Å². The number of benzene rings is 2. The minimum Gasteiger partial charge on any atom is -0.368 e. The number of rotatable bonds is 2. The van der Waals surface area contributed by atoms with E-state index in [1.165, 1.54) is 0 Å². The van der Waals surface area contributed by atoms with Gasteiger partial charge in [0.05, 0.1) is 17.2 Å². The second-order valence-electron chi connectivity index (χ2n) is 6.57. The Labute approximate surface area is 152 Å². The highest BCUT2D eigenvalue weighted by molar-refractivity contribution is 5.53. The summed E-state index contributed by atoms with van der Waals surface area (Å²) in [5, 5.41) is 3.28. The van der Waals surface area contributed by atoms with Gasteiger partial charge in [0.15, 0.2) is 0 Å². The van der Waals surface area contributed by atoms with Crippen molar-refractivity contribution in [3.8, 4) is 0 Å². The molecular weight excluding hydrogens is 370 g/mol. The van der Waals surface area contributed by atoms with Crippen molar-refractivity contribution in [3.63, 3.8) is 0 Å². The van der Waals surface area contributed by atoms with E-state index in [2.05, 4.69) is 5.32 Å². The predicted molar refractivity (Wildman–Crippen MR) is 90.6 cm³/mol. The Hall–Kier alpha value is -2.22. The smallest absolute Gasteiger partial charge is 0.368 e. The number of hydrogen-bond donors (Lipinski definition) is 1. The van der Waals surface area contributed by atoms with Crippen molar-refractivity contribution in [2.45, 2.75) is 25.3 Å². The van der Waals surface area contributed by atoms with Crippen molar-refractivity contribution in [2.24, 2.45) is 0 Å². The molecule has 1 saturated heterocycles. The number of alkyl halides is 6. The molecule has 1 unspecified atom stereocenters. The lowest BCUT2D eigenvalue weighted by Gasteiger charge is -2.36. The maximum absolute atomic E-state index is 13.1. The van der Waals surface area contributed by atoms with Gasteiger partial charge in [-0.15, -0.1) is 0 Å². The average molecular weight is 388 g/mol. The zero-order chi connectivity index (χ0) is 19.8. The molecule has 2 aromatic rings. The Morgan fingerprint density at radius 2 is 1.52 bits per heavy atom. The summed E-state index contributed by atoms with van der Waals surface area (Å²) in [4.78, 5) is 1.57. The molecule has 0 aromatic heterocycles. The molecule has 2 aromatic carbocycles. The first-order valence-corrected chi connectivity index (χ1v) is 8.39. The van der Waals surface area contributed by atoms with Gasteiger partial charge in [-0.25, -0.2) is 0 Å². The summed E-state index contributed by atoms with van der Waals surface area (Å²) in [6, 6.07) is 9.11. The van der Waals surface area contributed by atoms with Crippen LogP contribution in [-0.2, 0) is 12.4 Å². The van der Waals surface area contributed by atoms with Crippen molar-refractivity contribution >= 4 is 5.69 Å². The molecule has 0 amide bonds. The number of anilines is 1. The maximum atomic E-state index is 13.1. The fourth-order valence-corrected chi connectivity index (χ4v) is 3.29. The Balaban J connectivity index is 1.96. The highest BCUT2D eigenvalue weighted by Gasteiger charge is 2.37. The largest absolute Gasteiger partial charge is 0.416 e. The second kappa shape index (κ2) is 7.07. The molecule has 1 aliphatic rings. The molecule has 0 bridgehead atoms. The molecule has 1 aliphatic heterocycles. The van der Waals surface area contributed by atoms with Crippen LogP contribution in [0.5, 0.6) is 0 Å². The number of hydrogen-bond acceptors (Lipinski definition) is 2. The topological polar surface area (TPSA) is 15.3 Å². The fraction of sp³-hybridized carbons (Fsp3) is 0.368. The van der Waals surface area contributed by atoms with Gasteiger partial charge in [-0.3, -0.25) is 0 Å². The Kier molecular flexibility index (Phi) is 5.12. The number of aryl methyl sites for hydroxylation is 1. The van der Waals surface area contributed by atoms with Crippen molar-refractivity contribution in [1.29, 1.82) is 0 Å². The molecule has 146 valence electrons. The highest BCUT2D eigenvalue weighted by Crippen LogP contribution is 2.39. The summed E-state index contributed by atoms with van der Waals surface area (Å²) in [7, 11) is 0. The van der Waals surface area contributed by atoms with E-state index in [1.807, 2.05) is 31.2 Å². The summed E-state index contributed by atoms with van der Waals surface area (Å²) in [6.07, 6.45) is -9.70. The first-order chi connectivity index (χ1) is 12.6. The lowest BCUT2D eigenvalue weighted by atomic mass is 9.98. The normalized spacial score (nSPS) is 18.6. The van der Waals surface area contributed by atoms with Gasteiger partial charge in [0.1, 0.15) is 0 Å². The predicted octanol–water partition coefficient (Wildman–Crippen LogP) is 5.18. The summed E-state index contributed by atoms with van der Waals surface area (Å²) in [5.74, 6) is 0. The lowest BCUT2D eigenvalue weighted by Crippen LogP contribution is -2.46. The molecule has 1 N–H and O–H groups in total. The quantitative estimate of drug-likeness (QED) is 0.713. The van der Waals surface area contributed by atoms with Gasteiger partial charge in [-0.05, 0) is 36.2 Å². The summed E-state index contributed by atoms with van der Waals surface area (Å²) >= 11 is 0. The monoisotopic (exact) mass is 388 g/mol. The van der Waals surface area contributed by atoms with Crippen LogP contribution in [-0.4, -0.2) is 19.6 Å². The first kappa shape index (κ1) is 19.5. The Morgan fingerprint density at radius 3 is 2.07 bits per heavy atom. The number of nitrogens with zero attached hydrogens (tertiary/aromatic N) is 1. The van der Waals surface area contributed by atoms with E-state index in [4.69, 9.17) is 0 Å². The van der Waals surface area contributed by atoms with E-state index >= 15 is 0 Å². The minimum atomic E-state index is -4.85. The van der Waals surface area contributed by atoms with Gasteiger partial charge in [-0.2, -0.15) is 26.3 Å². The number of nitrogens with one attached hydrogen (secondary N) is 1. The van der Waals surface area contributed by atoms with Crippen LogP contribution in [0.25, 0.3) is 0 Å². The summed E-state index contributed by atoms with van der Waals surface area (Å²) in [5.41, 5.74) is -0.670. The molecule has 0 spiro atoms. The molecule has 2 nitrogen and oxygen atoms in total. The zero-order valence-corrected chi connectivity index (χ0v) is 14.5. The minimum absolute atomic E-state index is 0.0720. The molecule has 8 heteroatoms. The molecule has 1 fully saturated rings. The van der Waals surface area contributed by atoms with Crippen LogP contribution in [0.1, 0.15) is 28.3 Å². The zero-order valence-electron chi connectivity index (χ0n) is 14.5. The molecule has 0 saturated carbocycles. The van der Waals surface area contributed by atoms with Crippen LogP contribution >= 0.6 is 0 Å². The molecule has 27 heavy (non-hydrogen) atoms. The number of piperazine rings is 1. The van der Waals surface area contributed by atoms with Gasteiger partial charge < -0.3 is 10.2 Å². The van der Waals surface area contributed by atoms with E-state index in [-0.39, 0.29) is 24.3 Å². The van der Waals surface area contributed by atoms with Crippen LogP contribution < -0.4 is 10.2 Å². The average Bonchev–Trinajstić information content (AvgIpc) is 2.60. The summed E-state index contributed by atoms with van der Waals surface area (Å²) < 4.78 is 78.6. The van der Waals surface area contributed by atoms with Crippen LogP contribution in [0.15, 0.2) is 42.5 Å². The fourth-order valence-electron chi connectivity index (χ4n) is 3.29. The van der Waals surface area contributed by atoms with Gasteiger partial charge in [0, 0.05) is 25.3 Å². The van der Waals surface area contributed by atoms with Gasteiger partial charge in [0.2, 0.25) is 0 Å². The molecule has 0 radical (unpaired) electrons. The van der Waals surface area contributed by atoms with Crippen LogP contribution in [0.3, 0.4) is 0 Å². The van der Waals surface area contributed by atoms with E-state index in [1.54, 1.807) is 4.90 Å². The van der Waals surface area contributed by atoms with Crippen LogP contribution in [0, 0.1) is 6.92 Å². The third-order valence-corrected chi connectivity index (χ3v) is 4.68. The number of halogens is 6. The SMILES string of the molecule is Cc1ccccc1C1CN(c2cc(C(F)(F)F)cc(C(F)(F)F)c2)CCN1. The molecular formula is C19H18F6N2. The molecule has 0 aliphatic carbocycles. The summed E-state index contributed by atoms with van der Waals surface area (Å²) in [6.45, 7) is 2.98. The molecule has 1 atom stereocenters. The van der Waals surface area contributed by atoms with Crippen molar-refractivity contribution < 1.29 is 26.3 Å². The Morgan fingerprint density at radius 1 is 0.926 bits per heavy atom. The van der Waals surface area contributed by atoms with E-state index < -0.39 is 23.5 Å². The Bertz CT molecular complexity index is 780. The maximum Gasteiger partial charge on any atom is 0.416 e. The van der Waals surface area contributed by atoms with Crippen LogP contribution in [0.2, 0.25) is 0 Å². The van der Waals surface area contributed by atoms with Crippen LogP contribution in [0.4, 0.5) is 32.0 Å². The van der Waals surface area contributed by atoms with Crippen molar-refractivity contribution in [1.82, 2.24) is 5.32 Å². The van der Waals surface area contributed by atoms with Crippen molar-refractivity contribution in [3.05, 3.63) is 64.7 Å². The van der Waals surface area contributed by atoms with Gasteiger partial charge in [0.25, 0.3) is 0 Å². The second-order valence-corrected chi connectivity index (χ2v) is 6.57. The highest BCUT2D eigenvalue weighted by atomic mass is 19.4. The standard InChI is InChI=1S/C19H18F6N2/c1-12-4-2-3-5-16(12)17-11-27(7-6-26-17)15-9-13(18(20,21)22)8-14(10-15)19(23,24)25/h2-5,8-10,17,26H,6-7,11H2,1H3. The van der Waals surface area contributed by atoms with Gasteiger partial charge in [-0.1, -0.05) is 24.3 Å². The third-order valence-electron chi connectivity index (χ3n) is 4.68. The lowest BCUT2D eigenvalue weighted by molar-refractivity contribution is -0.143. The first-order valence-electron chi connectivity index (χ1n) is 8.39. The third kappa shape index (κ3) is 4.37. The van der Waals surface area contributed by atoms with Gasteiger partial charge >= 0.3 is 12.4 Å². The van der Waals surface area contributed by atoms with E-state index in [0.717, 1.165) is 23.3 Å². The molecule has 3 rings (SSSR count).